The average Bonchev–Trinajstić information content (AvgIpc) is 3.15. The van der Waals surface area contributed by atoms with Gasteiger partial charge in [-0.15, -0.1) is 11.3 Å². The summed E-state index contributed by atoms with van der Waals surface area (Å²) in [5.41, 5.74) is 6.62. The molecule has 3 aromatic rings. The second-order valence-corrected chi connectivity index (χ2v) is 7.07. The number of carbonyl (C=O) groups is 1. The van der Waals surface area contributed by atoms with Crippen LogP contribution in [0.15, 0.2) is 54.0 Å². The Morgan fingerprint density at radius 1 is 1.27 bits per heavy atom. The van der Waals surface area contributed by atoms with E-state index in [0.717, 1.165) is 18.5 Å². The van der Waals surface area contributed by atoms with Crippen molar-refractivity contribution in [2.45, 2.75) is 13.0 Å². The maximum atomic E-state index is 11.1. The fourth-order valence-corrected chi connectivity index (χ4v) is 3.27. The number of benzene rings is 1. The molecular weight excluding hydrogens is 370 g/mol. The number of hydrogen-bond donors (Lipinski definition) is 2. The number of rotatable bonds is 8. The molecule has 1 amide bonds. The minimum Gasteiger partial charge on any atom is -0.438 e. The molecule has 7 heteroatoms. The van der Waals surface area contributed by atoms with E-state index in [1.807, 2.05) is 6.07 Å². The first-order valence-electron chi connectivity index (χ1n) is 8.07. The molecule has 3 rings (SSSR count). The van der Waals surface area contributed by atoms with Gasteiger partial charge in [0, 0.05) is 29.7 Å². The van der Waals surface area contributed by atoms with E-state index in [2.05, 4.69) is 27.8 Å². The Kier molecular flexibility index (Phi) is 6.22. The number of nitrogens with zero attached hydrogens (tertiary/aromatic N) is 1. The van der Waals surface area contributed by atoms with Crippen LogP contribution in [0.4, 0.5) is 0 Å². The van der Waals surface area contributed by atoms with Crippen molar-refractivity contribution in [1.29, 1.82) is 0 Å². The monoisotopic (exact) mass is 387 g/mol. The quantitative estimate of drug-likeness (QED) is 0.572. The molecule has 0 bridgehead atoms. The molecule has 0 radical (unpaired) electrons. The molecule has 2 heterocycles. The van der Waals surface area contributed by atoms with Crippen LogP contribution < -0.4 is 15.8 Å². The van der Waals surface area contributed by atoms with E-state index in [1.165, 1.54) is 4.88 Å². The van der Waals surface area contributed by atoms with Gasteiger partial charge in [0.15, 0.2) is 0 Å². The van der Waals surface area contributed by atoms with Crippen LogP contribution in [0.25, 0.3) is 0 Å². The van der Waals surface area contributed by atoms with Crippen molar-refractivity contribution in [3.8, 4) is 11.6 Å². The molecule has 0 aliphatic heterocycles. The molecule has 0 aliphatic carbocycles. The highest BCUT2D eigenvalue weighted by Crippen LogP contribution is 2.27. The number of nitrogens with two attached hydrogens (primary N) is 1. The van der Waals surface area contributed by atoms with E-state index >= 15 is 0 Å². The predicted octanol–water partition coefficient (Wildman–Crippen LogP) is 4.02. The molecule has 0 saturated carbocycles. The summed E-state index contributed by atoms with van der Waals surface area (Å²) < 4.78 is 5.66. The number of aromatic nitrogens is 1. The summed E-state index contributed by atoms with van der Waals surface area (Å²) in [6.07, 6.45) is 2.73. The highest BCUT2D eigenvalue weighted by molar-refractivity contribution is 7.09. The van der Waals surface area contributed by atoms with Crippen molar-refractivity contribution in [3.63, 3.8) is 0 Å². The Balaban J connectivity index is 1.54. The smallest absolute Gasteiger partial charge is 0.248 e. The summed E-state index contributed by atoms with van der Waals surface area (Å²) in [5, 5.41) is 5.89. The van der Waals surface area contributed by atoms with Crippen molar-refractivity contribution in [2.75, 3.05) is 6.54 Å². The average molecular weight is 388 g/mol. The number of amides is 1. The number of primary amides is 1. The SMILES string of the molecule is NC(=O)c1ccc(Oc2ncc(CNCCc3cccs3)cc2Cl)cc1. The lowest BCUT2D eigenvalue weighted by atomic mass is 10.2. The first kappa shape index (κ1) is 18.4. The summed E-state index contributed by atoms with van der Waals surface area (Å²) in [5.74, 6) is 0.371. The van der Waals surface area contributed by atoms with Crippen LogP contribution in [0.2, 0.25) is 5.02 Å². The zero-order valence-corrected chi connectivity index (χ0v) is 15.5. The van der Waals surface area contributed by atoms with Crippen molar-refractivity contribution in [1.82, 2.24) is 10.3 Å². The van der Waals surface area contributed by atoms with Crippen LogP contribution in [0.5, 0.6) is 11.6 Å². The molecule has 134 valence electrons. The van der Waals surface area contributed by atoms with E-state index in [4.69, 9.17) is 22.1 Å². The molecule has 1 aromatic carbocycles. The van der Waals surface area contributed by atoms with Gasteiger partial charge in [0.2, 0.25) is 11.8 Å². The summed E-state index contributed by atoms with van der Waals surface area (Å²) in [6.45, 7) is 1.58. The van der Waals surface area contributed by atoms with Crippen LogP contribution in [0, 0.1) is 0 Å². The van der Waals surface area contributed by atoms with Crippen LogP contribution in [-0.4, -0.2) is 17.4 Å². The highest BCUT2D eigenvalue weighted by Gasteiger charge is 2.07. The van der Waals surface area contributed by atoms with Gasteiger partial charge in [-0.25, -0.2) is 4.98 Å². The van der Waals surface area contributed by atoms with Gasteiger partial charge < -0.3 is 15.8 Å². The summed E-state index contributed by atoms with van der Waals surface area (Å²) in [4.78, 5) is 16.7. The van der Waals surface area contributed by atoms with E-state index in [-0.39, 0.29) is 0 Å². The Hall–Kier alpha value is -2.41. The first-order valence-corrected chi connectivity index (χ1v) is 9.33. The third kappa shape index (κ3) is 5.05. The van der Waals surface area contributed by atoms with Gasteiger partial charge in [-0.3, -0.25) is 4.79 Å². The molecule has 26 heavy (non-hydrogen) atoms. The Bertz CT molecular complexity index is 867. The zero-order chi connectivity index (χ0) is 18.4. The number of ether oxygens (including phenoxy) is 1. The fourth-order valence-electron chi connectivity index (χ4n) is 2.33. The van der Waals surface area contributed by atoms with Gasteiger partial charge in [0.05, 0.1) is 0 Å². The molecule has 0 spiro atoms. The highest BCUT2D eigenvalue weighted by atomic mass is 35.5. The van der Waals surface area contributed by atoms with E-state index in [9.17, 15) is 4.79 Å². The third-order valence-corrected chi connectivity index (χ3v) is 4.88. The van der Waals surface area contributed by atoms with Gasteiger partial charge in [0.25, 0.3) is 0 Å². The number of nitrogens with one attached hydrogen (secondary N) is 1. The van der Waals surface area contributed by atoms with E-state index in [1.54, 1.807) is 41.8 Å². The Labute approximate surface area is 160 Å². The Morgan fingerprint density at radius 3 is 2.73 bits per heavy atom. The molecule has 5 nitrogen and oxygen atoms in total. The predicted molar refractivity (Wildman–Crippen MR) is 104 cm³/mol. The Morgan fingerprint density at radius 2 is 2.08 bits per heavy atom. The van der Waals surface area contributed by atoms with Gasteiger partial charge in [-0.05, 0) is 53.8 Å². The molecule has 0 saturated heterocycles. The third-order valence-electron chi connectivity index (χ3n) is 3.67. The van der Waals surface area contributed by atoms with Crippen molar-refractivity contribution in [3.05, 3.63) is 75.1 Å². The van der Waals surface area contributed by atoms with Gasteiger partial charge in [0.1, 0.15) is 10.8 Å². The molecule has 0 fully saturated rings. The molecular formula is C19H18ClN3O2S. The zero-order valence-electron chi connectivity index (χ0n) is 13.9. The van der Waals surface area contributed by atoms with Gasteiger partial charge in [-0.1, -0.05) is 17.7 Å². The standard InChI is InChI=1S/C19H18ClN3O2S/c20-17-10-13(11-22-8-7-16-2-1-9-26-16)12-23-19(17)25-15-5-3-14(4-6-15)18(21)24/h1-6,9-10,12,22H,7-8,11H2,(H2,21,24). The maximum absolute atomic E-state index is 11.1. The number of carbonyl (C=O) groups excluding carboxylic acids is 1. The minimum absolute atomic E-state index is 0.320. The first-order chi connectivity index (χ1) is 12.6. The van der Waals surface area contributed by atoms with Crippen LogP contribution in [0.3, 0.4) is 0 Å². The second kappa shape index (κ2) is 8.80. The number of halogens is 1. The molecule has 0 aliphatic rings. The summed E-state index contributed by atoms with van der Waals surface area (Å²) in [7, 11) is 0. The number of hydrogen-bond acceptors (Lipinski definition) is 5. The molecule has 3 N–H and O–H groups in total. The summed E-state index contributed by atoms with van der Waals surface area (Å²) >= 11 is 8.03. The van der Waals surface area contributed by atoms with E-state index in [0.29, 0.717) is 28.8 Å². The fraction of sp³-hybridized carbons (Fsp3) is 0.158. The topological polar surface area (TPSA) is 77.2 Å². The molecule has 0 unspecified atom stereocenters. The molecule has 0 atom stereocenters. The van der Waals surface area contributed by atoms with Crippen LogP contribution >= 0.6 is 22.9 Å². The van der Waals surface area contributed by atoms with Crippen LogP contribution in [0.1, 0.15) is 20.8 Å². The second-order valence-electron chi connectivity index (χ2n) is 5.63. The van der Waals surface area contributed by atoms with Gasteiger partial charge >= 0.3 is 0 Å². The molecule has 2 aromatic heterocycles. The number of thiophene rings is 1. The maximum Gasteiger partial charge on any atom is 0.248 e. The largest absolute Gasteiger partial charge is 0.438 e. The summed E-state index contributed by atoms with van der Waals surface area (Å²) in [6, 6.07) is 12.5. The van der Waals surface area contributed by atoms with E-state index < -0.39 is 5.91 Å². The lowest BCUT2D eigenvalue weighted by Crippen LogP contribution is -2.16. The normalized spacial score (nSPS) is 10.7. The number of pyridine rings is 1. The van der Waals surface area contributed by atoms with Crippen molar-refractivity contribution >= 4 is 28.8 Å². The van der Waals surface area contributed by atoms with Gasteiger partial charge in [-0.2, -0.15) is 0 Å². The van der Waals surface area contributed by atoms with Crippen molar-refractivity contribution in [2.24, 2.45) is 5.73 Å². The lowest BCUT2D eigenvalue weighted by Gasteiger charge is -2.09. The minimum atomic E-state index is -0.483. The lowest BCUT2D eigenvalue weighted by molar-refractivity contribution is 0.100. The van der Waals surface area contributed by atoms with Crippen LogP contribution in [-0.2, 0) is 13.0 Å². The van der Waals surface area contributed by atoms with Crippen molar-refractivity contribution < 1.29 is 9.53 Å².